The summed E-state index contributed by atoms with van der Waals surface area (Å²) < 4.78 is 45.2. The molecule has 142 valence electrons. The van der Waals surface area contributed by atoms with Crippen LogP contribution in [0.25, 0.3) is 11.0 Å². The van der Waals surface area contributed by atoms with Gasteiger partial charge in [0, 0.05) is 34.7 Å². The van der Waals surface area contributed by atoms with Crippen molar-refractivity contribution in [3.8, 4) is 0 Å². The molecule has 2 N–H and O–H groups in total. The predicted octanol–water partition coefficient (Wildman–Crippen LogP) is 4.76. The Bertz CT molecular complexity index is 986. The molecule has 3 rings (SSSR count). The molecule has 2 heterocycles. The number of carbonyl (C=O) groups is 1. The van der Waals surface area contributed by atoms with Gasteiger partial charge in [-0.3, -0.25) is 4.79 Å². The number of rotatable bonds is 5. The van der Waals surface area contributed by atoms with Crippen molar-refractivity contribution in [3.05, 3.63) is 57.9 Å². The number of nitrogens with one attached hydrogen (secondary N) is 2. The fourth-order valence-electron chi connectivity index (χ4n) is 2.62. The highest BCUT2D eigenvalue weighted by Gasteiger charge is 2.33. The third kappa shape index (κ3) is 4.24. The van der Waals surface area contributed by atoms with E-state index >= 15 is 0 Å². The van der Waals surface area contributed by atoms with Crippen LogP contribution in [0.3, 0.4) is 0 Å². The summed E-state index contributed by atoms with van der Waals surface area (Å²) in [5.74, 6) is -0.528. The first kappa shape index (κ1) is 19.2. The van der Waals surface area contributed by atoms with Crippen LogP contribution in [-0.4, -0.2) is 24.0 Å². The molecule has 1 amide bonds. The van der Waals surface area contributed by atoms with Crippen LogP contribution in [0.2, 0.25) is 0 Å². The number of pyridine rings is 1. The van der Waals surface area contributed by atoms with Gasteiger partial charge < -0.3 is 15.1 Å². The van der Waals surface area contributed by atoms with Crippen molar-refractivity contribution in [2.45, 2.75) is 13.1 Å². The van der Waals surface area contributed by atoms with Crippen molar-refractivity contribution in [1.29, 1.82) is 0 Å². The summed E-state index contributed by atoms with van der Waals surface area (Å²) in [6.45, 7) is 1.96. The fraction of sp³-hybridized carbons (Fsp3) is 0.222. The number of nitrogens with zero attached hydrogens (tertiary/aromatic N) is 1. The lowest BCUT2D eigenvalue weighted by Crippen LogP contribution is -2.29. The minimum Gasteiger partial charge on any atom is -0.451 e. The molecular weight excluding hydrogens is 427 g/mol. The number of amides is 1. The smallest absolute Gasteiger partial charge is 0.419 e. The molecule has 0 atom stereocenters. The van der Waals surface area contributed by atoms with E-state index in [4.69, 9.17) is 4.42 Å². The number of hydrogen-bond donors (Lipinski definition) is 2. The number of alkyl halides is 3. The topological polar surface area (TPSA) is 67.2 Å². The summed E-state index contributed by atoms with van der Waals surface area (Å²) in [4.78, 5) is 16.0. The van der Waals surface area contributed by atoms with Crippen LogP contribution in [0.4, 0.5) is 19.0 Å². The predicted molar refractivity (Wildman–Crippen MR) is 98.7 cm³/mol. The second kappa shape index (κ2) is 7.59. The molecule has 0 fully saturated rings. The zero-order valence-corrected chi connectivity index (χ0v) is 15.7. The molecule has 0 spiro atoms. The molecule has 0 aliphatic rings. The first-order valence-corrected chi connectivity index (χ1v) is 8.79. The lowest BCUT2D eigenvalue weighted by atomic mass is 10.1. The lowest BCUT2D eigenvalue weighted by Gasteiger charge is -2.13. The highest BCUT2D eigenvalue weighted by Crippen LogP contribution is 2.33. The molecule has 0 aliphatic heterocycles. The van der Waals surface area contributed by atoms with Crippen molar-refractivity contribution in [2.75, 3.05) is 18.4 Å². The van der Waals surface area contributed by atoms with Crippen molar-refractivity contribution >= 4 is 38.6 Å². The van der Waals surface area contributed by atoms with Crippen molar-refractivity contribution in [1.82, 2.24) is 10.3 Å². The van der Waals surface area contributed by atoms with Crippen LogP contribution in [0.15, 0.2) is 45.4 Å². The van der Waals surface area contributed by atoms with Gasteiger partial charge in [-0.1, -0.05) is 15.9 Å². The Labute approximate surface area is 161 Å². The Morgan fingerprint density at radius 2 is 2.04 bits per heavy atom. The van der Waals surface area contributed by atoms with Gasteiger partial charge in [-0.25, -0.2) is 4.98 Å². The standard InChI is InChI=1S/C18H15BrF3N3O2/c1-10-12-9-11(19)4-5-14(12)27-15(10)17(26)25-8-7-24-16-13(18(20,21)22)3-2-6-23-16/h2-6,9H,7-8H2,1H3,(H,23,24)(H,25,26). The van der Waals surface area contributed by atoms with E-state index in [9.17, 15) is 18.0 Å². The van der Waals surface area contributed by atoms with Gasteiger partial charge in [0.15, 0.2) is 5.76 Å². The van der Waals surface area contributed by atoms with Crippen molar-refractivity contribution < 1.29 is 22.4 Å². The zero-order valence-electron chi connectivity index (χ0n) is 14.2. The van der Waals surface area contributed by atoms with Crippen molar-refractivity contribution in [2.24, 2.45) is 0 Å². The molecule has 27 heavy (non-hydrogen) atoms. The normalized spacial score (nSPS) is 11.6. The number of hydrogen-bond acceptors (Lipinski definition) is 4. The van der Waals surface area contributed by atoms with Crippen LogP contribution in [0.1, 0.15) is 21.7 Å². The van der Waals surface area contributed by atoms with Crippen LogP contribution < -0.4 is 10.6 Å². The molecule has 1 aromatic carbocycles. The number of aromatic nitrogens is 1. The highest BCUT2D eigenvalue weighted by atomic mass is 79.9. The van der Waals surface area contributed by atoms with E-state index in [0.29, 0.717) is 11.1 Å². The minimum absolute atomic E-state index is 0.0800. The molecule has 3 aromatic rings. The molecular formula is C18H15BrF3N3O2. The summed E-state index contributed by atoms with van der Waals surface area (Å²) >= 11 is 3.37. The van der Waals surface area contributed by atoms with Gasteiger partial charge in [0.1, 0.15) is 11.4 Å². The number of furan rings is 1. The first-order valence-electron chi connectivity index (χ1n) is 8.00. The van der Waals surface area contributed by atoms with Crippen LogP contribution >= 0.6 is 15.9 Å². The molecule has 0 saturated carbocycles. The summed E-state index contributed by atoms with van der Waals surface area (Å²) in [6, 6.07) is 7.58. The molecule has 0 radical (unpaired) electrons. The maximum absolute atomic E-state index is 12.9. The quantitative estimate of drug-likeness (QED) is 0.560. The van der Waals surface area contributed by atoms with Gasteiger partial charge in [0.05, 0.1) is 5.56 Å². The van der Waals surface area contributed by atoms with E-state index in [1.165, 1.54) is 12.3 Å². The second-order valence-corrected chi connectivity index (χ2v) is 6.69. The van der Waals surface area contributed by atoms with E-state index in [1.807, 2.05) is 12.1 Å². The molecule has 0 unspecified atom stereocenters. The molecule has 9 heteroatoms. The van der Waals surface area contributed by atoms with E-state index in [0.717, 1.165) is 15.9 Å². The Kier molecular flexibility index (Phi) is 5.41. The maximum atomic E-state index is 12.9. The molecule has 5 nitrogen and oxygen atoms in total. The van der Waals surface area contributed by atoms with E-state index < -0.39 is 17.6 Å². The second-order valence-electron chi connectivity index (χ2n) is 5.78. The van der Waals surface area contributed by atoms with E-state index in [2.05, 4.69) is 31.5 Å². The van der Waals surface area contributed by atoms with Crippen LogP contribution in [-0.2, 0) is 6.18 Å². The largest absolute Gasteiger partial charge is 0.451 e. The highest BCUT2D eigenvalue weighted by molar-refractivity contribution is 9.10. The first-order chi connectivity index (χ1) is 12.8. The average molecular weight is 442 g/mol. The third-order valence-electron chi connectivity index (χ3n) is 3.92. The molecule has 2 aromatic heterocycles. The van der Waals surface area contributed by atoms with Crippen LogP contribution in [0.5, 0.6) is 0 Å². The lowest BCUT2D eigenvalue weighted by molar-refractivity contribution is -0.137. The number of carbonyl (C=O) groups excluding carboxylic acids is 1. The van der Waals surface area contributed by atoms with Crippen LogP contribution in [0, 0.1) is 6.92 Å². The van der Waals surface area contributed by atoms with E-state index in [-0.39, 0.29) is 24.7 Å². The Hall–Kier alpha value is -2.55. The summed E-state index contributed by atoms with van der Waals surface area (Å²) in [6.07, 6.45) is -3.23. The molecule has 0 aliphatic carbocycles. The number of aryl methyl sites for hydroxylation is 1. The number of anilines is 1. The van der Waals surface area contributed by atoms with Gasteiger partial charge in [0.25, 0.3) is 5.91 Å². The zero-order chi connectivity index (χ0) is 19.6. The monoisotopic (exact) mass is 441 g/mol. The Morgan fingerprint density at radius 1 is 1.26 bits per heavy atom. The average Bonchev–Trinajstić information content (AvgIpc) is 2.94. The maximum Gasteiger partial charge on any atom is 0.419 e. The van der Waals surface area contributed by atoms with Gasteiger partial charge >= 0.3 is 6.18 Å². The Balaban J connectivity index is 1.62. The number of fused-ring (bicyclic) bond motifs is 1. The minimum atomic E-state index is -4.50. The van der Waals surface area contributed by atoms with Gasteiger partial charge in [-0.2, -0.15) is 13.2 Å². The number of halogens is 4. The number of benzene rings is 1. The third-order valence-corrected chi connectivity index (χ3v) is 4.41. The summed E-state index contributed by atoms with van der Waals surface area (Å²) in [5.41, 5.74) is 0.429. The molecule has 0 saturated heterocycles. The van der Waals surface area contributed by atoms with Gasteiger partial charge in [-0.05, 0) is 37.3 Å². The Morgan fingerprint density at radius 3 is 2.78 bits per heavy atom. The summed E-state index contributed by atoms with van der Waals surface area (Å²) in [7, 11) is 0. The van der Waals surface area contributed by atoms with Crippen molar-refractivity contribution in [3.63, 3.8) is 0 Å². The summed E-state index contributed by atoms with van der Waals surface area (Å²) in [5, 5.41) is 6.04. The van der Waals surface area contributed by atoms with E-state index in [1.54, 1.807) is 13.0 Å². The molecule has 0 bridgehead atoms. The van der Waals surface area contributed by atoms with Gasteiger partial charge in [-0.15, -0.1) is 0 Å². The fourth-order valence-corrected chi connectivity index (χ4v) is 2.98. The SMILES string of the molecule is Cc1c(C(=O)NCCNc2ncccc2C(F)(F)F)oc2ccc(Br)cc12. The van der Waals surface area contributed by atoms with Gasteiger partial charge in [0.2, 0.25) is 0 Å².